The molecule has 2 saturated carbocycles. The van der Waals surface area contributed by atoms with E-state index in [9.17, 15) is 9.59 Å². The standard InChI is InChI=1S/C25H36O2/c1-4-5-6-7-23(27)22-11-10-20-19-9-8-17-16-18(26)12-14-24(17,2)21(19)13-15-25(20,22)3/h13,16,19-20,22H,4-12,14-15H2,1-3H3. The van der Waals surface area contributed by atoms with Crippen molar-refractivity contribution >= 4 is 11.6 Å². The topological polar surface area (TPSA) is 34.1 Å². The number of carbonyl (C=O) groups is 2. The number of hydrogen-bond donors (Lipinski definition) is 0. The molecule has 2 fully saturated rings. The molecule has 27 heavy (non-hydrogen) atoms. The van der Waals surface area contributed by atoms with E-state index in [-0.39, 0.29) is 16.7 Å². The molecule has 2 nitrogen and oxygen atoms in total. The molecule has 0 aromatic carbocycles. The fraction of sp³-hybridized carbons (Fsp3) is 0.760. The van der Waals surface area contributed by atoms with Crippen LogP contribution in [0.4, 0.5) is 0 Å². The van der Waals surface area contributed by atoms with Crippen molar-refractivity contribution in [1.82, 2.24) is 0 Å². The van der Waals surface area contributed by atoms with Gasteiger partial charge in [0.05, 0.1) is 0 Å². The van der Waals surface area contributed by atoms with Gasteiger partial charge in [-0.3, -0.25) is 9.59 Å². The molecule has 0 N–H and O–H groups in total. The molecular weight excluding hydrogens is 332 g/mol. The van der Waals surface area contributed by atoms with Crippen LogP contribution in [0.15, 0.2) is 23.3 Å². The van der Waals surface area contributed by atoms with Gasteiger partial charge in [-0.1, -0.05) is 50.8 Å². The lowest BCUT2D eigenvalue weighted by Crippen LogP contribution is -2.45. The Morgan fingerprint density at radius 1 is 1.15 bits per heavy atom. The van der Waals surface area contributed by atoms with Crippen LogP contribution in [0.1, 0.15) is 91.4 Å². The van der Waals surface area contributed by atoms with E-state index in [1.54, 1.807) is 5.57 Å². The zero-order chi connectivity index (χ0) is 19.2. The molecule has 4 aliphatic carbocycles. The van der Waals surface area contributed by atoms with Gasteiger partial charge in [0.2, 0.25) is 0 Å². The first-order chi connectivity index (χ1) is 12.9. The highest BCUT2D eigenvalue weighted by atomic mass is 16.1. The van der Waals surface area contributed by atoms with Gasteiger partial charge in [-0.25, -0.2) is 0 Å². The van der Waals surface area contributed by atoms with Crippen molar-refractivity contribution in [3.05, 3.63) is 23.3 Å². The second-order valence-corrected chi connectivity index (χ2v) is 10.1. The fourth-order valence-corrected chi connectivity index (χ4v) is 7.11. The van der Waals surface area contributed by atoms with Crippen LogP contribution in [0.5, 0.6) is 0 Å². The zero-order valence-electron chi connectivity index (χ0n) is 17.5. The van der Waals surface area contributed by atoms with Crippen LogP contribution in [-0.4, -0.2) is 11.6 Å². The highest BCUT2D eigenvalue weighted by molar-refractivity contribution is 5.92. The second kappa shape index (κ2) is 7.01. The highest BCUT2D eigenvalue weighted by Gasteiger charge is 2.57. The van der Waals surface area contributed by atoms with E-state index in [1.807, 2.05) is 6.08 Å². The lowest BCUT2D eigenvalue weighted by atomic mass is 9.51. The first kappa shape index (κ1) is 19.2. The molecule has 4 rings (SSSR count). The molecule has 0 spiro atoms. The molecule has 5 atom stereocenters. The van der Waals surface area contributed by atoms with Crippen molar-refractivity contribution in [2.75, 3.05) is 0 Å². The summed E-state index contributed by atoms with van der Waals surface area (Å²) in [5.74, 6) is 2.42. The van der Waals surface area contributed by atoms with Gasteiger partial charge in [-0.05, 0) is 68.3 Å². The molecule has 5 unspecified atom stereocenters. The Kier molecular flexibility index (Phi) is 4.97. The summed E-state index contributed by atoms with van der Waals surface area (Å²) in [6, 6.07) is 0. The fourth-order valence-electron chi connectivity index (χ4n) is 7.11. The maximum atomic E-state index is 13.0. The highest BCUT2D eigenvalue weighted by Crippen LogP contribution is 2.64. The Hall–Kier alpha value is -1.18. The van der Waals surface area contributed by atoms with E-state index in [0.717, 1.165) is 38.5 Å². The van der Waals surface area contributed by atoms with E-state index in [2.05, 4.69) is 26.8 Å². The Labute approximate surface area is 164 Å². The quantitative estimate of drug-likeness (QED) is 0.427. The van der Waals surface area contributed by atoms with Crippen molar-refractivity contribution in [1.29, 1.82) is 0 Å². The number of carbonyl (C=O) groups excluding carboxylic acids is 2. The lowest BCUT2D eigenvalue weighted by Gasteiger charge is -2.53. The minimum absolute atomic E-state index is 0.112. The van der Waals surface area contributed by atoms with Crippen molar-refractivity contribution in [2.24, 2.45) is 28.6 Å². The van der Waals surface area contributed by atoms with Gasteiger partial charge in [-0.15, -0.1) is 0 Å². The minimum Gasteiger partial charge on any atom is -0.299 e. The first-order valence-electron chi connectivity index (χ1n) is 11.4. The van der Waals surface area contributed by atoms with Crippen LogP contribution in [0.25, 0.3) is 0 Å². The van der Waals surface area contributed by atoms with E-state index in [0.29, 0.717) is 29.8 Å². The Balaban J connectivity index is 1.59. The monoisotopic (exact) mass is 368 g/mol. The molecule has 2 heteroatoms. The van der Waals surface area contributed by atoms with Crippen LogP contribution < -0.4 is 0 Å². The zero-order valence-corrected chi connectivity index (χ0v) is 17.5. The summed E-state index contributed by atoms with van der Waals surface area (Å²) in [7, 11) is 0. The van der Waals surface area contributed by atoms with Gasteiger partial charge in [0.15, 0.2) is 5.78 Å². The lowest BCUT2D eigenvalue weighted by molar-refractivity contribution is -0.127. The molecule has 0 bridgehead atoms. The average Bonchev–Trinajstić information content (AvgIpc) is 3.00. The number of Topliss-reactive ketones (excluding diaryl/α,β-unsaturated/α-hetero) is 1. The molecule has 0 aromatic heterocycles. The van der Waals surface area contributed by atoms with Crippen molar-refractivity contribution in [2.45, 2.75) is 91.4 Å². The normalized spacial score (nSPS) is 40.6. The predicted octanol–water partition coefficient (Wildman–Crippen LogP) is 6.20. The van der Waals surface area contributed by atoms with Gasteiger partial charge in [0.1, 0.15) is 5.78 Å². The van der Waals surface area contributed by atoms with E-state index in [4.69, 9.17) is 0 Å². The molecule has 4 aliphatic rings. The van der Waals surface area contributed by atoms with E-state index < -0.39 is 0 Å². The third kappa shape index (κ3) is 2.98. The number of rotatable bonds is 5. The summed E-state index contributed by atoms with van der Waals surface area (Å²) in [6.07, 6.45) is 16.0. The summed E-state index contributed by atoms with van der Waals surface area (Å²) in [4.78, 5) is 24.9. The smallest absolute Gasteiger partial charge is 0.155 e. The number of allylic oxidation sites excluding steroid dienone is 4. The molecule has 148 valence electrons. The molecule has 0 heterocycles. The largest absolute Gasteiger partial charge is 0.299 e. The van der Waals surface area contributed by atoms with Crippen LogP contribution >= 0.6 is 0 Å². The van der Waals surface area contributed by atoms with Crippen molar-refractivity contribution in [3.8, 4) is 0 Å². The maximum absolute atomic E-state index is 13.0. The second-order valence-electron chi connectivity index (χ2n) is 10.1. The van der Waals surface area contributed by atoms with Gasteiger partial charge < -0.3 is 0 Å². The van der Waals surface area contributed by atoms with Gasteiger partial charge in [-0.2, -0.15) is 0 Å². The Morgan fingerprint density at radius 3 is 2.74 bits per heavy atom. The Bertz CT molecular complexity index is 699. The maximum Gasteiger partial charge on any atom is 0.155 e. The Morgan fingerprint density at radius 2 is 1.96 bits per heavy atom. The SMILES string of the molecule is CCCCCC(=O)C1CCC2C3CCC4=CC(=O)CCC4(C)C3=CCC12C. The molecule has 0 amide bonds. The van der Waals surface area contributed by atoms with Crippen LogP contribution in [0, 0.1) is 28.6 Å². The molecule has 0 saturated heterocycles. The van der Waals surface area contributed by atoms with Gasteiger partial charge in [0, 0.05) is 24.2 Å². The van der Waals surface area contributed by atoms with E-state index in [1.165, 1.54) is 31.3 Å². The number of unbranched alkanes of at least 4 members (excludes halogenated alkanes) is 2. The van der Waals surface area contributed by atoms with Crippen LogP contribution in [-0.2, 0) is 9.59 Å². The number of hydrogen-bond acceptors (Lipinski definition) is 2. The molecule has 0 aliphatic heterocycles. The molecule has 0 aromatic rings. The van der Waals surface area contributed by atoms with Gasteiger partial charge in [0.25, 0.3) is 0 Å². The molecule has 0 radical (unpaired) electrons. The van der Waals surface area contributed by atoms with Crippen molar-refractivity contribution < 1.29 is 9.59 Å². The number of ketones is 2. The van der Waals surface area contributed by atoms with E-state index >= 15 is 0 Å². The average molecular weight is 369 g/mol. The van der Waals surface area contributed by atoms with Crippen molar-refractivity contribution in [3.63, 3.8) is 0 Å². The third-order valence-electron chi connectivity index (χ3n) is 8.75. The van der Waals surface area contributed by atoms with Crippen LogP contribution in [0.3, 0.4) is 0 Å². The third-order valence-corrected chi connectivity index (χ3v) is 8.75. The predicted molar refractivity (Wildman–Crippen MR) is 109 cm³/mol. The number of fused-ring (bicyclic) bond motifs is 5. The minimum atomic E-state index is 0.112. The van der Waals surface area contributed by atoms with Gasteiger partial charge >= 0.3 is 0 Å². The summed E-state index contributed by atoms with van der Waals surface area (Å²) >= 11 is 0. The summed E-state index contributed by atoms with van der Waals surface area (Å²) in [5, 5.41) is 0. The summed E-state index contributed by atoms with van der Waals surface area (Å²) in [5.41, 5.74) is 3.28. The first-order valence-corrected chi connectivity index (χ1v) is 11.4. The summed E-state index contributed by atoms with van der Waals surface area (Å²) < 4.78 is 0. The molecular formula is C25H36O2. The van der Waals surface area contributed by atoms with Crippen LogP contribution in [0.2, 0.25) is 0 Å². The summed E-state index contributed by atoms with van der Waals surface area (Å²) in [6.45, 7) is 7.00.